The molecular formula is C27H33FN2O4. The predicted molar refractivity (Wildman–Crippen MR) is 132 cm³/mol. The fourth-order valence-corrected chi connectivity index (χ4v) is 3.99. The van der Waals surface area contributed by atoms with Gasteiger partial charge in [-0.05, 0) is 36.8 Å². The Morgan fingerprint density at radius 2 is 1.59 bits per heavy atom. The zero-order chi connectivity index (χ0) is 24.3. The van der Waals surface area contributed by atoms with Crippen LogP contribution in [-0.4, -0.2) is 34.7 Å². The van der Waals surface area contributed by atoms with Crippen LogP contribution in [-0.2, 0) is 4.74 Å². The van der Waals surface area contributed by atoms with Gasteiger partial charge >= 0.3 is 6.03 Å². The number of para-hydroxylation sites is 1. The lowest BCUT2D eigenvalue weighted by atomic mass is 10.1. The summed E-state index contributed by atoms with van der Waals surface area (Å²) in [7, 11) is 0. The van der Waals surface area contributed by atoms with Crippen LogP contribution in [0.3, 0.4) is 0 Å². The van der Waals surface area contributed by atoms with E-state index in [-0.39, 0.29) is 18.0 Å². The molecule has 1 amide bonds. The van der Waals surface area contributed by atoms with Gasteiger partial charge in [0.15, 0.2) is 5.78 Å². The lowest BCUT2D eigenvalue weighted by Gasteiger charge is -2.08. The molecule has 7 heteroatoms. The molecule has 6 nitrogen and oxygen atoms in total. The molecular weight excluding hydrogens is 435 g/mol. The number of Topliss-reactive ketones (excluding diaryl/α,β-unsaturated/α-hetero) is 1. The van der Waals surface area contributed by atoms with Crippen molar-refractivity contribution in [3.8, 4) is 5.88 Å². The van der Waals surface area contributed by atoms with Gasteiger partial charge in [0.25, 0.3) is 0 Å². The van der Waals surface area contributed by atoms with Gasteiger partial charge in [0.1, 0.15) is 12.4 Å². The number of hydrogen-bond acceptors (Lipinski definition) is 4. The molecule has 0 bridgehead atoms. The zero-order valence-corrected chi connectivity index (χ0v) is 19.7. The number of carbonyl (C=O) groups is 2. The van der Waals surface area contributed by atoms with Crippen molar-refractivity contribution in [1.29, 1.82) is 0 Å². The summed E-state index contributed by atoms with van der Waals surface area (Å²) < 4.78 is 19.8. The van der Waals surface area contributed by atoms with Crippen LogP contribution in [0, 0.1) is 5.82 Å². The van der Waals surface area contributed by atoms with Crippen molar-refractivity contribution in [3.63, 3.8) is 0 Å². The van der Waals surface area contributed by atoms with Gasteiger partial charge in [-0.1, -0.05) is 70.1 Å². The van der Waals surface area contributed by atoms with Gasteiger partial charge in [-0.25, -0.2) is 13.8 Å². The molecule has 0 fully saturated rings. The highest BCUT2D eigenvalue weighted by atomic mass is 19.1. The fourth-order valence-electron chi connectivity index (χ4n) is 3.99. The maximum atomic E-state index is 13.2. The van der Waals surface area contributed by atoms with E-state index in [9.17, 15) is 19.1 Å². The molecule has 0 saturated carbocycles. The summed E-state index contributed by atoms with van der Waals surface area (Å²) in [5.41, 5.74) is 0.817. The molecule has 34 heavy (non-hydrogen) atoms. The van der Waals surface area contributed by atoms with Crippen molar-refractivity contribution in [2.75, 3.05) is 18.5 Å². The molecule has 0 aliphatic heterocycles. The lowest BCUT2D eigenvalue weighted by molar-refractivity contribution is 0.0751. The minimum Gasteiger partial charge on any atom is -0.494 e. The van der Waals surface area contributed by atoms with Gasteiger partial charge in [-0.2, -0.15) is 0 Å². The summed E-state index contributed by atoms with van der Waals surface area (Å²) in [6.07, 6.45) is 9.44. The Labute approximate surface area is 199 Å². The summed E-state index contributed by atoms with van der Waals surface area (Å²) in [6.45, 7) is 2.52. The van der Waals surface area contributed by atoms with Gasteiger partial charge in [-0.3, -0.25) is 4.79 Å². The van der Waals surface area contributed by atoms with E-state index in [1.807, 2.05) is 0 Å². The van der Waals surface area contributed by atoms with Gasteiger partial charge < -0.3 is 15.2 Å². The van der Waals surface area contributed by atoms with Gasteiger partial charge in [0, 0.05) is 17.7 Å². The number of ketones is 1. The first-order valence-electron chi connectivity index (χ1n) is 12.0. The predicted octanol–water partition coefficient (Wildman–Crippen LogP) is 6.91. The highest BCUT2D eigenvalue weighted by molar-refractivity contribution is 6.14. The molecule has 0 saturated heterocycles. The molecule has 182 valence electrons. The number of halogens is 1. The Hall–Kier alpha value is -3.19. The SMILES string of the molecule is CCCCCCCCCCOCC(=O)c1c(O)n(C(=O)Nc2ccc(F)cc2)c2ccccc12. The summed E-state index contributed by atoms with van der Waals surface area (Å²) in [5, 5.41) is 13.9. The maximum Gasteiger partial charge on any atom is 0.333 e. The Morgan fingerprint density at radius 1 is 0.941 bits per heavy atom. The van der Waals surface area contributed by atoms with E-state index in [1.54, 1.807) is 24.3 Å². The number of hydrogen-bond donors (Lipinski definition) is 2. The quantitative estimate of drug-likeness (QED) is 0.211. The van der Waals surface area contributed by atoms with E-state index < -0.39 is 17.7 Å². The molecule has 0 aliphatic rings. The molecule has 3 rings (SSSR count). The van der Waals surface area contributed by atoms with Gasteiger partial charge in [-0.15, -0.1) is 0 Å². The largest absolute Gasteiger partial charge is 0.494 e. The smallest absolute Gasteiger partial charge is 0.333 e. The summed E-state index contributed by atoms with van der Waals surface area (Å²) in [4.78, 5) is 25.7. The number of aromatic hydroxyl groups is 1. The minimum absolute atomic E-state index is 0.0563. The van der Waals surface area contributed by atoms with Gasteiger partial charge in [0.05, 0.1) is 11.1 Å². The highest BCUT2D eigenvalue weighted by Crippen LogP contribution is 2.32. The Kier molecular flexibility index (Phi) is 9.64. The van der Waals surface area contributed by atoms with Crippen molar-refractivity contribution in [1.82, 2.24) is 4.57 Å². The number of nitrogens with zero attached hydrogens (tertiary/aromatic N) is 1. The third kappa shape index (κ3) is 6.67. The number of unbranched alkanes of at least 4 members (excludes halogenated alkanes) is 7. The molecule has 0 atom stereocenters. The van der Waals surface area contributed by atoms with Crippen LogP contribution in [0.4, 0.5) is 14.9 Å². The lowest BCUT2D eigenvalue weighted by Crippen LogP contribution is -2.19. The molecule has 0 radical (unpaired) electrons. The first-order chi connectivity index (χ1) is 16.5. The molecule has 3 aromatic rings. The molecule has 0 spiro atoms. The molecule has 1 heterocycles. The van der Waals surface area contributed by atoms with Crippen LogP contribution in [0.1, 0.15) is 68.6 Å². The van der Waals surface area contributed by atoms with Crippen LogP contribution in [0.15, 0.2) is 48.5 Å². The van der Waals surface area contributed by atoms with E-state index in [0.29, 0.717) is 23.2 Å². The van der Waals surface area contributed by atoms with Crippen molar-refractivity contribution >= 4 is 28.4 Å². The van der Waals surface area contributed by atoms with E-state index in [4.69, 9.17) is 4.74 Å². The number of nitrogens with one attached hydrogen (secondary N) is 1. The van der Waals surface area contributed by atoms with Crippen LogP contribution in [0.25, 0.3) is 10.9 Å². The van der Waals surface area contributed by atoms with Crippen LogP contribution in [0.2, 0.25) is 0 Å². The second-order valence-corrected chi connectivity index (χ2v) is 8.44. The summed E-state index contributed by atoms with van der Waals surface area (Å²) in [5.74, 6) is -1.25. The molecule has 2 aromatic carbocycles. The first kappa shape index (κ1) is 25.4. The topological polar surface area (TPSA) is 80.6 Å². The van der Waals surface area contributed by atoms with Crippen LogP contribution >= 0.6 is 0 Å². The highest BCUT2D eigenvalue weighted by Gasteiger charge is 2.25. The van der Waals surface area contributed by atoms with Crippen molar-refractivity contribution in [2.45, 2.75) is 58.3 Å². The maximum absolute atomic E-state index is 13.2. The van der Waals surface area contributed by atoms with Gasteiger partial charge in [0.2, 0.25) is 5.88 Å². The van der Waals surface area contributed by atoms with E-state index in [2.05, 4.69) is 12.2 Å². The number of amides is 1. The molecule has 0 aliphatic carbocycles. The normalized spacial score (nSPS) is 11.1. The van der Waals surface area contributed by atoms with Crippen molar-refractivity contribution < 1.29 is 23.8 Å². The number of anilines is 1. The standard InChI is InChI=1S/C27H33FN2O4/c1-2-3-4-5-6-7-8-11-18-34-19-24(31)25-22-12-9-10-13-23(22)30(26(25)32)27(33)29-21-16-14-20(28)15-17-21/h9-10,12-17,32H,2-8,11,18-19H2,1H3,(H,29,33). The number of fused-ring (bicyclic) bond motifs is 1. The number of rotatable bonds is 13. The average molecular weight is 469 g/mol. The number of carbonyl (C=O) groups excluding carboxylic acids is 2. The number of benzene rings is 2. The fraction of sp³-hybridized carbons (Fsp3) is 0.407. The molecule has 1 aromatic heterocycles. The zero-order valence-electron chi connectivity index (χ0n) is 19.7. The summed E-state index contributed by atoms with van der Waals surface area (Å²) >= 11 is 0. The van der Waals surface area contributed by atoms with E-state index in [0.717, 1.165) is 17.4 Å². The van der Waals surface area contributed by atoms with Crippen LogP contribution in [0.5, 0.6) is 5.88 Å². The third-order valence-corrected chi connectivity index (χ3v) is 5.80. The summed E-state index contributed by atoms with van der Waals surface area (Å²) in [6, 6.07) is 11.4. The van der Waals surface area contributed by atoms with Crippen molar-refractivity contribution in [3.05, 3.63) is 59.9 Å². The Morgan fingerprint density at radius 3 is 2.29 bits per heavy atom. The monoisotopic (exact) mass is 468 g/mol. The first-order valence-corrected chi connectivity index (χ1v) is 12.0. The molecule has 2 N–H and O–H groups in total. The third-order valence-electron chi connectivity index (χ3n) is 5.80. The second kappa shape index (κ2) is 12.9. The van der Waals surface area contributed by atoms with Crippen molar-refractivity contribution in [2.24, 2.45) is 0 Å². The van der Waals surface area contributed by atoms with Crippen LogP contribution < -0.4 is 5.32 Å². The molecule has 0 unspecified atom stereocenters. The van der Waals surface area contributed by atoms with E-state index in [1.165, 1.54) is 62.8 Å². The second-order valence-electron chi connectivity index (χ2n) is 8.44. The minimum atomic E-state index is -0.654. The number of ether oxygens (including phenoxy) is 1. The Balaban J connectivity index is 1.59. The average Bonchev–Trinajstić information content (AvgIpc) is 3.13. The number of aromatic nitrogens is 1. The Bertz CT molecular complexity index is 1090. The van der Waals surface area contributed by atoms with E-state index >= 15 is 0 Å².